The van der Waals surface area contributed by atoms with Crippen LogP contribution in [0.4, 0.5) is 17.1 Å². The molecule has 300 valence electrons. The van der Waals surface area contributed by atoms with Crippen LogP contribution in [0, 0.1) is 0 Å². The molecule has 13 rings (SSSR count). The molecule has 2 aromatic heterocycles. The molecule has 0 saturated heterocycles. The molecule has 0 radical (unpaired) electrons. The molecule has 0 saturated carbocycles. The molecule has 0 N–H and O–H groups in total. The molecule has 2 aliphatic carbocycles. The van der Waals surface area contributed by atoms with E-state index in [1.165, 1.54) is 97.6 Å². The molecule has 0 unspecified atom stereocenters. The zero-order valence-corrected chi connectivity index (χ0v) is 36.6. The minimum Gasteiger partial charge on any atom is -0.310 e. The molecule has 0 amide bonds. The summed E-state index contributed by atoms with van der Waals surface area (Å²) in [7, 11) is 0. The van der Waals surface area contributed by atoms with Gasteiger partial charge in [-0.2, -0.15) is 0 Å². The summed E-state index contributed by atoms with van der Waals surface area (Å²) in [5, 5.41) is 5.17. The van der Waals surface area contributed by atoms with Gasteiger partial charge in [0.15, 0.2) is 0 Å². The Morgan fingerprint density at radius 3 is 1.59 bits per heavy atom. The maximum atomic E-state index is 2.51. The number of fused-ring (bicyclic) bond motifs is 13. The largest absolute Gasteiger partial charge is 0.310 e. The standard InChI is InChI=1S/C60H44N2S/c1-59(2)50-19-11-8-16-43(50)45-29-26-41(35-52(45)59)61(42-27-30-46-44-17-9-12-20-51(44)60(3,4)53(46)36-42)40-28-32-54-49(34-40)57-55(33-31-48-47-18-10-13-21-56(47)63-58(48)57)62(54)39-24-22-38(23-25-39)37-14-6-5-7-15-37/h5-36H,1-4H3. The van der Waals surface area contributed by atoms with Crippen LogP contribution in [0.3, 0.4) is 0 Å². The predicted octanol–water partition coefficient (Wildman–Crippen LogP) is 16.9. The van der Waals surface area contributed by atoms with Gasteiger partial charge in [-0.05, 0) is 122 Å². The first-order valence-electron chi connectivity index (χ1n) is 22.1. The van der Waals surface area contributed by atoms with Crippen LogP contribution in [0.15, 0.2) is 194 Å². The number of thiophene rings is 1. The average Bonchev–Trinajstić information content (AvgIpc) is 4.00. The van der Waals surface area contributed by atoms with Crippen molar-refractivity contribution in [1.82, 2.24) is 4.57 Å². The Morgan fingerprint density at radius 2 is 0.921 bits per heavy atom. The van der Waals surface area contributed by atoms with Crippen LogP contribution in [0.1, 0.15) is 49.9 Å². The lowest BCUT2D eigenvalue weighted by atomic mass is 9.82. The summed E-state index contributed by atoms with van der Waals surface area (Å²) in [4.78, 5) is 2.51. The van der Waals surface area contributed by atoms with E-state index in [0.29, 0.717) is 0 Å². The average molecular weight is 825 g/mol. The van der Waals surface area contributed by atoms with Crippen LogP contribution in [-0.4, -0.2) is 4.57 Å². The predicted molar refractivity (Wildman–Crippen MR) is 269 cm³/mol. The molecule has 0 bridgehead atoms. The second-order valence-corrected chi connectivity index (χ2v) is 19.6. The summed E-state index contributed by atoms with van der Waals surface area (Å²) in [6, 6.07) is 72.7. The van der Waals surface area contributed by atoms with Crippen molar-refractivity contribution in [2.75, 3.05) is 4.90 Å². The first-order chi connectivity index (χ1) is 30.8. The second kappa shape index (κ2) is 13.2. The summed E-state index contributed by atoms with van der Waals surface area (Å²) in [6.45, 7) is 9.52. The van der Waals surface area contributed by atoms with Gasteiger partial charge < -0.3 is 9.47 Å². The molecule has 0 spiro atoms. The molecule has 0 atom stereocenters. The second-order valence-electron chi connectivity index (χ2n) is 18.5. The molecule has 2 aliphatic rings. The number of anilines is 3. The minimum absolute atomic E-state index is 0.130. The lowest BCUT2D eigenvalue weighted by Gasteiger charge is -2.30. The number of rotatable bonds is 5. The van der Waals surface area contributed by atoms with Gasteiger partial charge >= 0.3 is 0 Å². The highest BCUT2D eigenvalue weighted by atomic mass is 32.1. The van der Waals surface area contributed by atoms with Crippen LogP contribution in [0.2, 0.25) is 0 Å². The lowest BCUT2D eigenvalue weighted by molar-refractivity contribution is 0.660. The first kappa shape index (κ1) is 36.5. The number of aromatic nitrogens is 1. The number of nitrogens with zero attached hydrogens (tertiary/aromatic N) is 2. The minimum atomic E-state index is -0.130. The molecule has 11 aromatic rings. The fourth-order valence-corrected chi connectivity index (χ4v) is 12.5. The van der Waals surface area contributed by atoms with Crippen LogP contribution in [0.25, 0.3) is 81.0 Å². The van der Waals surface area contributed by atoms with Crippen LogP contribution < -0.4 is 4.90 Å². The molecule has 9 aromatic carbocycles. The van der Waals surface area contributed by atoms with Gasteiger partial charge in [0.1, 0.15) is 0 Å². The molecule has 2 nitrogen and oxygen atoms in total. The Balaban J connectivity index is 1.06. The van der Waals surface area contributed by atoms with Crippen molar-refractivity contribution >= 4 is 70.4 Å². The zero-order chi connectivity index (χ0) is 42.2. The Labute approximate surface area is 371 Å². The highest BCUT2D eigenvalue weighted by molar-refractivity contribution is 7.26. The third kappa shape index (κ3) is 5.18. The van der Waals surface area contributed by atoms with Gasteiger partial charge in [-0.3, -0.25) is 0 Å². The maximum Gasteiger partial charge on any atom is 0.0555 e. The molecule has 3 heteroatoms. The number of benzene rings is 9. The van der Waals surface area contributed by atoms with E-state index in [4.69, 9.17) is 0 Å². The Bertz CT molecular complexity index is 3570. The normalized spacial score (nSPS) is 14.3. The number of hydrogen-bond donors (Lipinski definition) is 0. The molecule has 0 aliphatic heterocycles. The van der Waals surface area contributed by atoms with Gasteiger partial charge in [-0.25, -0.2) is 0 Å². The van der Waals surface area contributed by atoms with Crippen molar-refractivity contribution in [3.63, 3.8) is 0 Å². The molecule has 63 heavy (non-hydrogen) atoms. The van der Waals surface area contributed by atoms with Gasteiger partial charge in [-0.15, -0.1) is 11.3 Å². The van der Waals surface area contributed by atoms with E-state index in [0.717, 1.165) is 22.7 Å². The fourth-order valence-electron chi connectivity index (χ4n) is 11.2. The van der Waals surface area contributed by atoms with Crippen molar-refractivity contribution in [2.45, 2.75) is 38.5 Å². The summed E-state index contributed by atoms with van der Waals surface area (Å²) in [5.74, 6) is 0. The summed E-state index contributed by atoms with van der Waals surface area (Å²) >= 11 is 1.91. The van der Waals surface area contributed by atoms with E-state index in [1.54, 1.807) is 0 Å². The third-order valence-electron chi connectivity index (χ3n) is 14.4. The first-order valence-corrected chi connectivity index (χ1v) is 22.9. The van der Waals surface area contributed by atoms with Crippen LogP contribution >= 0.6 is 11.3 Å². The van der Waals surface area contributed by atoms with E-state index >= 15 is 0 Å². The van der Waals surface area contributed by atoms with E-state index in [1.807, 2.05) is 11.3 Å². The monoisotopic (exact) mass is 824 g/mol. The fraction of sp³-hybridized carbons (Fsp3) is 0.100. The molecular weight excluding hydrogens is 781 g/mol. The van der Waals surface area contributed by atoms with Crippen molar-refractivity contribution in [2.24, 2.45) is 0 Å². The van der Waals surface area contributed by atoms with Crippen molar-refractivity contribution in [3.8, 4) is 39.1 Å². The van der Waals surface area contributed by atoms with E-state index in [9.17, 15) is 0 Å². The quantitative estimate of drug-likeness (QED) is 0.168. The lowest BCUT2D eigenvalue weighted by Crippen LogP contribution is -2.18. The van der Waals surface area contributed by atoms with Crippen molar-refractivity contribution in [3.05, 3.63) is 216 Å². The van der Waals surface area contributed by atoms with E-state index in [2.05, 4.69) is 231 Å². The SMILES string of the molecule is CC1(C)c2ccccc2-c2ccc(N(c3ccc4c(c3)C(C)(C)c3ccccc3-4)c3ccc4c(c3)c3c5sc6ccccc6c5ccc3n4-c3ccc(-c4ccccc4)cc3)cc21. The number of hydrogen-bond acceptors (Lipinski definition) is 2. The summed E-state index contributed by atoms with van der Waals surface area (Å²) in [5.41, 5.74) is 20.0. The van der Waals surface area contributed by atoms with E-state index < -0.39 is 0 Å². The molecule has 2 heterocycles. The van der Waals surface area contributed by atoms with Gasteiger partial charge in [0.2, 0.25) is 0 Å². The highest BCUT2D eigenvalue weighted by Crippen LogP contribution is 2.54. The van der Waals surface area contributed by atoms with E-state index in [-0.39, 0.29) is 10.8 Å². The summed E-state index contributed by atoms with van der Waals surface area (Å²) < 4.78 is 5.12. The topological polar surface area (TPSA) is 8.17 Å². The Hall–Kier alpha value is -7.20. The van der Waals surface area contributed by atoms with Gasteiger partial charge in [0.05, 0.1) is 11.0 Å². The third-order valence-corrected chi connectivity index (χ3v) is 15.6. The highest BCUT2D eigenvalue weighted by Gasteiger charge is 2.38. The zero-order valence-electron chi connectivity index (χ0n) is 35.8. The van der Waals surface area contributed by atoms with Gasteiger partial charge in [0, 0.05) is 64.5 Å². The van der Waals surface area contributed by atoms with Gasteiger partial charge in [-0.1, -0.05) is 155 Å². The van der Waals surface area contributed by atoms with Crippen molar-refractivity contribution in [1.29, 1.82) is 0 Å². The smallest absolute Gasteiger partial charge is 0.0555 e. The molecule has 0 fully saturated rings. The van der Waals surface area contributed by atoms with Crippen molar-refractivity contribution < 1.29 is 0 Å². The van der Waals surface area contributed by atoms with Gasteiger partial charge in [0.25, 0.3) is 0 Å². The Kier molecular flexibility index (Phi) is 7.61. The van der Waals surface area contributed by atoms with Crippen LogP contribution in [0.5, 0.6) is 0 Å². The summed E-state index contributed by atoms with van der Waals surface area (Å²) in [6.07, 6.45) is 0. The molecular formula is C60H44N2S. The Morgan fingerprint density at radius 1 is 0.397 bits per heavy atom. The maximum absolute atomic E-state index is 2.51. The van der Waals surface area contributed by atoms with Crippen LogP contribution in [-0.2, 0) is 10.8 Å².